The molecule has 1 unspecified atom stereocenters. The maximum Gasteiger partial charge on any atom is 0.234 e. The number of carbonyl (C=O) groups is 1. The number of carbonyl (C=O) groups excluding carboxylic acids is 1. The van der Waals surface area contributed by atoms with Crippen molar-refractivity contribution in [1.29, 1.82) is 0 Å². The van der Waals surface area contributed by atoms with E-state index < -0.39 is 0 Å². The van der Waals surface area contributed by atoms with Gasteiger partial charge in [-0.2, -0.15) is 0 Å². The molecule has 0 saturated carbocycles. The lowest BCUT2D eigenvalue weighted by molar-refractivity contribution is -0.121. The van der Waals surface area contributed by atoms with Crippen LogP contribution in [0.15, 0.2) is 0 Å². The summed E-state index contributed by atoms with van der Waals surface area (Å²) < 4.78 is 0. The molecule has 0 spiro atoms. The molecule has 1 heterocycles. The van der Waals surface area contributed by atoms with Crippen LogP contribution in [0, 0.1) is 0 Å². The van der Waals surface area contributed by atoms with Gasteiger partial charge in [0, 0.05) is 18.6 Å². The van der Waals surface area contributed by atoms with Gasteiger partial charge in [0.05, 0.1) is 6.54 Å². The highest BCUT2D eigenvalue weighted by Gasteiger charge is 2.20. The number of likely N-dealkylation sites (N-methyl/N-ethyl adjacent to an activating group) is 1. The van der Waals surface area contributed by atoms with E-state index in [-0.39, 0.29) is 5.91 Å². The van der Waals surface area contributed by atoms with Gasteiger partial charge in [0.15, 0.2) is 0 Å². The number of hydrogen-bond acceptors (Lipinski definition) is 3. The number of hydrogen-bond donors (Lipinski definition) is 2. The van der Waals surface area contributed by atoms with Crippen molar-refractivity contribution in [2.24, 2.45) is 0 Å². The molecule has 1 amide bonds. The maximum absolute atomic E-state index is 11.6. The zero-order chi connectivity index (χ0) is 12.7. The van der Waals surface area contributed by atoms with Crippen molar-refractivity contribution in [3.63, 3.8) is 0 Å². The fraction of sp³-hybridized carbons (Fsp3) is 0.923. The highest BCUT2D eigenvalue weighted by Crippen LogP contribution is 2.13. The molecule has 1 aliphatic heterocycles. The van der Waals surface area contributed by atoms with Crippen molar-refractivity contribution in [3.05, 3.63) is 0 Å². The van der Waals surface area contributed by atoms with E-state index >= 15 is 0 Å². The van der Waals surface area contributed by atoms with E-state index in [4.69, 9.17) is 0 Å². The molecule has 4 heteroatoms. The lowest BCUT2D eigenvalue weighted by atomic mass is 10.2. The molecule has 4 nitrogen and oxygen atoms in total. The Kier molecular flexibility index (Phi) is 6.52. The van der Waals surface area contributed by atoms with Crippen LogP contribution in [-0.4, -0.2) is 49.6 Å². The van der Waals surface area contributed by atoms with Crippen LogP contribution in [0.4, 0.5) is 0 Å². The van der Waals surface area contributed by atoms with E-state index in [9.17, 15) is 4.79 Å². The Morgan fingerprint density at radius 2 is 2.12 bits per heavy atom. The number of rotatable bonds is 7. The summed E-state index contributed by atoms with van der Waals surface area (Å²) in [5.41, 5.74) is 0. The molecule has 100 valence electrons. The molecule has 1 aliphatic rings. The molecule has 1 rings (SSSR count). The molecule has 0 bridgehead atoms. The average Bonchev–Trinajstić information content (AvgIpc) is 2.72. The highest BCUT2D eigenvalue weighted by atomic mass is 16.1. The smallest absolute Gasteiger partial charge is 0.234 e. The normalized spacial score (nSPS) is 21.1. The first-order valence-electron chi connectivity index (χ1n) is 6.87. The molecule has 0 aromatic rings. The third kappa shape index (κ3) is 5.04. The van der Waals surface area contributed by atoms with Gasteiger partial charge < -0.3 is 15.5 Å². The van der Waals surface area contributed by atoms with E-state index in [2.05, 4.69) is 36.4 Å². The fourth-order valence-electron chi connectivity index (χ4n) is 2.36. The van der Waals surface area contributed by atoms with Gasteiger partial charge in [-0.25, -0.2) is 0 Å². The summed E-state index contributed by atoms with van der Waals surface area (Å²) in [6.07, 6.45) is 4.54. The van der Waals surface area contributed by atoms with Gasteiger partial charge in [0.25, 0.3) is 0 Å². The first kappa shape index (κ1) is 14.5. The van der Waals surface area contributed by atoms with E-state index in [1.807, 2.05) is 0 Å². The second-order valence-electron chi connectivity index (χ2n) is 4.99. The molecule has 0 aliphatic carbocycles. The minimum Gasteiger partial charge on any atom is -0.352 e. The largest absolute Gasteiger partial charge is 0.352 e. The van der Waals surface area contributed by atoms with Crippen molar-refractivity contribution in [2.75, 3.05) is 26.7 Å². The molecule has 1 saturated heterocycles. The van der Waals surface area contributed by atoms with Crippen molar-refractivity contribution >= 4 is 5.91 Å². The average molecular weight is 241 g/mol. The molecule has 1 atom stereocenters. The van der Waals surface area contributed by atoms with Gasteiger partial charge >= 0.3 is 0 Å². The standard InChI is InChI=1S/C13H27N3O/c1-4-11(5-2)15-13(17)10-14-9-12-7-6-8-16(12)3/h11-12,14H,4-10H2,1-3H3,(H,15,17). The van der Waals surface area contributed by atoms with Crippen LogP contribution in [0.3, 0.4) is 0 Å². The summed E-state index contributed by atoms with van der Waals surface area (Å²) in [6.45, 7) is 6.77. The third-order valence-electron chi connectivity index (χ3n) is 3.69. The maximum atomic E-state index is 11.6. The van der Waals surface area contributed by atoms with E-state index in [0.717, 1.165) is 19.4 Å². The van der Waals surface area contributed by atoms with Crippen LogP contribution in [0.1, 0.15) is 39.5 Å². The summed E-state index contributed by atoms with van der Waals surface area (Å²) in [4.78, 5) is 14.0. The van der Waals surface area contributed by atoms with Crippen molar-refractivity contribution in [3.8, 4) is 0 Å². The van der Waals surface area contributed by atoms with Crippen molar-refractivity contribution < 1.29 is 4.79 Å². The molecule has 0 aromatic heterocycles. The Morgan fingerprint density at radius 1 is 1.41 bits per heavy atom. The summed E-state index contributed by atoms with van der Waals surface area (Å²) in [5, 5.41) is 6.30. The van der Waals surface area contributed by atoms with Gasteiger partial charge in [-0.15, -0.1) is 0 Å². The molecular formula is C13H27N3O. The number of amides is 1. The SMILES string of the molecule is CCC(CC)NC(=O)CNCC1CCCN1C. The van der Waals surface area contributed by atoms with Crippen LogP contribution >= 0.6 is 0 Å². The van der Waals surface area contributed by atoms with Crippen LogP contribution in [0.5, 0.6) is 0 Å². The predicted octanol–water partition coefficient (Wildman–Crippen LogP) is 0.975. The summed E-state index contributed by atoms with van der Waals surface area (Å²) >= 11 is 0. The summed E-state index contributed by atoms with van der Waals surface area (Å²) in [7, 11) is 2.16. The van der Waals surface area contributed by atoms with Crippen LogP contribution in [0.2, 0.25) is 0 Å². The van der Waals surface area contributed by atoms with Gasteiger partial charge in [-0.05, 0) is 39.3 Å². The number of nitrogens with one attached hydrogen (secondary N) is 2. The van der Waals surface area contributed by atoms with Crippen LogP contribution < -0.4 is 10.6 Å². The molecule has 0 radical (unpaired) electrons. The van der Waals surface area contributed by atoms with E-state index in [1.165, 1.54) is 19.4 Å². The Hall–Kier alpha value is -0.610. The Morgan fingerprint density at radius 3 is 2.65 bits per heavy atom. The lowest BCUT2D eigenvalue weighted by Crippen LogP contribution is -2.43. The molecule has 2 N–H and O–H groups in total. The molecule has 0 aromatic carbocycles. The fourth-order valence-corrected chi connectivity index (χ4v) is 2.36. The summed E-state index contributed by atoms with van der Waals surface area (Å²) in [6, 6.07) is 0.939. The van der Waals surface area contributed by atoms with Crippen LogP contribution in [0.25, 0.3) is 0 Å². The first-order chi connectivity index (χ1) is 8.17. The monoisotopic (exact) mass is 241 g/mol. The minimum absolute atomic E-state index is 0.124. The molecular weight excluding hydrogens is 214 g/mol. The van der Waals surface area contributed by atoms with Gasteiger partial charge in [0.1, 0.15) is 0 Å². The van der Waals surface area contributed by atoms with E-state index in [1.54, 1.807) is 0 Å². The third-order valence-corrected chi connectivity index (χ3v) is 3.69. The zero-order valence-electron chi connectivity index (χ0n) is 11.5. The van der Waals surface area contributed by atoms with Gasteiger partial charge in [0.2, 0.25) is 5.91 Å². The summed E-state index contributed by atoms with van der Waals surface area (Å²) in [5.74, 6) is 0.124. The van der Waals surface area contributed by atoms with Crippen LogP contribution in [-0.2, 0) is 4.79 Å². The van der Waals surface area contributed by atoms with Gasteiger partial charge in [-0.1, -0.05) is 13.8 Å². The second kappa shape index (κ2) is 7.67. The van der Waals surface area contributed by atoms with E-state index in [0.29, 0.717) is 18.6 Å². The molecule has 1 fully saturated rings. The predicted molar refractivity (Wildman–Crippen MR) is 71.0 cm³/mol. The second-order valence-corrected chi connectivity index (χ2v) is 4.99. The number of likely N-dealkylation sites (tertiary alicyclic amines) is 1. The highest BCUT2D eigenvalue weighted by molar-refractivity contribution is 5.78. The lowest BCUT2D eigenvalue weighted by Gasteiger charge is -2.20. The first-order valence-corrected chi connectivity index (χ1v) is 6.87. The Bertz CT molecular complexity index is 229. The Labute approximate surface area is 105 Å². The van der Waals surface area contributed by atoms with Crippen molar-refractivity contribution in [2.45, 2.75) is 51.6 Å². The zero-order valence-corrected chi connectivity index (χ0v) is 11.5. The van der Waals surface area contributed by atoms with Crippen molar-refractivity contribution in [1.82, 2.24) is 15.5 Å². The number of nitrogens with zero attached hydrogens (tertiary/aromatic N) is 1. The quantitative estimate of drug-likeness (QED) is 0.698. The minimum atomic E-state index is 0.124. The Balaban J connectivity index is 2.11. The topological polar surface area (TPSA) is 44.4 Å². The van der Waals surface area contributed by atoms with Gasteiger partial charge in [-0.3, -0.25) is 4.79 Å². The molecule has 17 heavy (non-hydrogen) atoms.